The van der Waals surface area contributed by atoms with Crippen LogP contribution in [0.1, 0.15) is 23.5 Å². The average Bonchev–Trinajstić information content (AvgIpc) is 3.26. The molecule has 1 aromatic heterocycles. The van der Waals surface area contributed by atoms with Crippen LogP contribution >= 0.6 is 11.3 Å². The summed E-state index contributed by atoms with van der Waals surface area (Å²) >= 11 is 1.50. The van der Waals surface area contributed by atoms with E-state index in [4.69, 9.17) is 0 Å². The predicted octanol–water partition coefficient (Wildman–Crippen LogP) is 2.78. The van der Waals surface area contributed by atoms with Crippen molar-refractivity contribution in [2.75, 3.05) is 25.0 Å². The SMILES string of the molecule is Cc1csc(CN(C)c2ccc([N+](=O)[O-])cc2S(=O)(=O)N2CCCC2)n1. The topological polar surface area (TPSA) is 96.6 Å². The molecule has 0 saturated carbocycles. The first-order valence-electron chi connectivity index (χ1n) is 8.20. The minimum Gasteiger partial charge on any atom is -0.367 e. The van der Waals surface area contributed by atoms with Crippen molar-refractivity contribution < 1.29 is 13.3 Å². The molecule has 140 valence electrons. The van der Waals surface area contributed by atoms with Gasteiger partial charge in [0.25, 0.3) is 5.69 Å². The Kier molecular flexibility index (Phi) is 5.26. The van der Waals surface area contributed by atoms with Gasteiger partial charge in [0.15, 0.2) is 0 Å². The van der Waals surface area contributed by atoms with Crippen LogP contribution in [-0.2, 0) is 16.6 Å². The monoisotopic (exact) mass is 396 g/mol. The zero-order valence-corrected chi connectivity index (χ0v) is 16.2. The lowest BCUT2D eigenvalue weighted by Crippen LogP contribution is -2.30. The number of hydrogen-bond donors (Lipinski definition) is 0. The fourth-order valence-corrected chi connectivity index (χ4v) is 5.57. The molecule has 0 bridgehead atoms. The number of thiazole rings is 1. The maximum atomic E-state index is 13.1. The molecular formula is C16H20N4O4S2. The second-order valence-corrected chi connectivity index (χ2v) is 9.11. The number of aromatic nitrogens is 1. The maximum absolute atomic E-state index is 13.1. The van der Waals surface area contributed by atoms with Crippen molar-refractivity contribution >= 4 is 32.7 Å². The van der Waals surface area contributed by atoms with Crippen molar-refractivity contribution in [3.8, 4) is 0 Å². The van der Waals surface area contributed by atoms with E-state index in [9.17, 15) is 18.5 Å². The minimum absolute atomic E-state index is 0.0237. The Balaban J connectivity index is 2.02. The van der Waals surface area contributed by atoms with Gasteiger partial charge in [0.1, 0.15) is 9.90 Å². The molecule has 1 aromatic carbocycles. The standard InChI is InChI=1S/C16H20N4O4S2/c1-12-11-25-16(17-12)10-18(2)14-6-5-13(20(21)22)9-15(14)26(23,24)19-7-3-4-8-19/h5-6,9,11H,3-4,7-8,10H2,1-2H3. The van der Waals surface area contributed by atoms with Gasteiger partial charge in [0, 0.05) is 43.3 Å². The third kappa shape index (κ3) is 3.71. The number of non-ortho nitro benzene ring substituents is 1. The Hall–Kier alpha value is -2.04. The van der Waals surface area contributed by atoms with E-state index in [1.165, 1.54) is 27.8 Å². The summed E-state index contributed by atoms with van der Waals surface area (Å²) in [5, 5.41) is 13.9. The molecule has 1 aliphatic heterocycles. The molecular weight excluding hydrogens is 376 g/mol. The lowest BCUT2D eigenvalue weighted by molar-refractivity contribution is -0.385. The lowest BCUT2D eigenvalue weighted by atomic mass is 10.2. The van der Waals surface area contributed by atoms with Gasteiger partial charge in [-0.2, -0.15) is 4.31 Å². The van der Waals surface area contributed by atoms with Gasteiger partial charge in [0.05, 0.1) is 17.2 Å². The molecule has 0 radical (unpaired) electrons. The zero-order chi connectivity index (χ0) is 18.9. The van der Waals surface area contributed by atoms with Crippen LogP contribution in [0.5, 0.6) is 0 Å². The number of nitrogens with zero attached hydrogens (tertiary/aromatic N) is 4. The molecule has 3 rings (SSSR count). The second-order valence-electron chi connectivity index (χ2n) is 6.26. The zero-order valence-electron chi connectivity index (χ0n) is 14.6. The van der Waals surface area contributed by atoms with Gasteiger partial charge in [-0.25, -0.2) is 13.4 Å². The van der Waals surface area contributed by atoms with E-state index in [0.717, 1.165) is 29.6 Å². The summed E-state index contributed by atoms with van der Waals surface area (Å²) in [4.78, 5) is 16.7. The van der Waals surface area contributed by atoms with E-state index in [0.29, 0.717) is 25.3 Å². The molecule has 0 unspecified atom stereocenters. The number of aryl methyl sites for hydroxylation is 1. The van der Waals surface area contributed by atoms with Crippen LogP contribution in [0.2, 0.25) is 0 Å². The van der Waals surface area contributed by atoms with Gasteiger partial charge in [-0.15, -0.1) is 11.3 Å². The van der Waals surface area contributed by atoms with Crippen LogP contribution < -0.4 is 4.90 Å². The van der Waals surface area contributed by atoms with E-state index in [1.807, 2.05) is 12.3 Å². The summed E-state index contributed by atoms with van der Waals surface area (Å²) in [6.07, 6.45) is 1.61. The molecule has 26 heavy (non-hydrogen) atoms. The largest absolute Gasteiger partial charge is 0.367 e. The van der Waals surface area contributed by atoms with E-state index < -0.39 is 14.9 Å². The Bertz CT molecular complexity index is 920. The first-order valence-corrected chi connectivity index (χ1v) is 10.5. The Morgan fingerprint density at radius 3 is 2.62 bits per heavy atom. The summed E-state index contributed by atoms with van der Waals surface area (Å²) in [5.41, 5.74) is 1.12. The summed E-state index contributed by atoms with van der Waals surface area (Å²) in [7, 11) is -2.02. The molecule has 1 aliphatic rings. The number of anilines is 1. The molecule has 10 heteroatoms. The number of rotatable bonds is 6. The summed E-state index contributed by atoms with van der Waals surface area (Å²) in [5.74, 6) is 0. The van der Waals surface area contributed by atoms with Gasteiger partial charge in [-0.1, -0.05) is 0 Å². The molecule has 1 fully saturated rings. The van der Waals surface area contributed by atoms with Crippen LogP contribution in [0.4, 0.5) is 11.4 Å². The van der Waals surface area contributed by atoms with Crippen LogP contribution in [0.3, 0.4) is 0 Å². The van der Waals surface area contributed by atoms with E-state index in [-0.39, 0.29) is 10.6 Å². The fourth-order valence-electron chi connectivity index (χ4n) is 2.97. The van der Waals surface area contributed by atoms with E-state index >= 15 is 0 Å². The van der Waals surface area contributed by atoms with E-state index in [1.54, 1.807) is 11.9 Å². The Labute approximate surface area is 156 Å². The maximum Gasteiger partial charge on any atom is 0.270 e. The van der Waals surface area contributed by atoms with Crippen LogP contribution in [-0.4, -0.2) is 42.8 Å². The van der Waals surface area contributed by atoms with Crippen molar-refractivity contribution in [2.24, 2.45) is 0 Å². The van der Waals surface area contributed by atoms with Gasteiger partial charge in [-0.3, -0.25) is 10.1 Å². The summed E-state index contributed by atoms with van der Waals surface area (Å²) in [6, 6.07) is 4.00. The molecule has 2 aromatic rings. The molecule has 0 spiro atoms. The molecule has 0 amide bonds. The number of benzene rings is 1. The van der Waals surface area contributed by atoms with E-state index in [2.05, 4.69) is 4.98 Å². The molecule has 2 heterocycles. The fraction of sp³-hybridized carbons (Fsp3) is 0.438. The van der Waals surface area contributed by atoms with Crippen molar-refractivity contribution in [1.82, 2.24) is 9.29 Å². The van der Waals surface area contributed by atoms with Crippen LogP contribution in [0.15, 0.2) is 28.5 Å². The van der Waals surface area contributed by atoms with Crippen LogP contribution in [0.25, 0.3) is 0 Å². The normalized spacial score (nSPS) is 15.3. The number of hydrogen-bond acceptors (Lipinski definition) is 7. The smallest absolute Gasteiger partial charge is 0.270 e. The van der Waals surface area contributed by atoms with Gasteiger partial charge in [0.2, 0.25) is 10.0 Å². The molecule has 1 saturated heterocycles. The first kappa shape index (κ1) is 18.7. The number of sulfonamides is 1. The molecule has 0 aliphatic carbocycles. The molecule has 0 N–H and O–H groups in total. The highest BCUT2D eigenvalue weighted by Gasteiger charge is 2.32. The second kappa shape index (κ2) is 7.29. The minimum atomic E-state index is -3.79. The van der Waals surface area contributed by atoms with Gasteiger partial charge >= 0.3 is 0 Å². The quantitative estimate of drug-likeness (QED) is 0.550. The summed E-state index contributed by atoms with van der Waals surface area (Å²) in [6.45, 7) is 3.22. The predicted molar refractivity (Wildman–Crippen MR) is 100 cm³/mol. The number of nitro groups is 1. The highest BCUT2D eigenvalue weighted by atomic mass is 32.2. The lowest BCUT2D eigenvalue weighted by Gasteiger charge is -2.24. The third-order valence-electron chi connectivity index (χ3n) is 4.29. The third-order valence-corrected chi connectivity index (χ3v) is 7.17. The highest BCUT2D eigenvalue weighted by Crippen LogP contribution is 2.33. The average molecular weight is 396 g/mol. The van der Waals surface area contributed by atoms with Crippen molar-refractivity contribution in [2.45, 2.75) is 31.2 Å². The number of nitro benzene ring substituents is 1. The van der Waals surface area contributed by atoms with Crippen molar-refractivity contribution in [1.29, 1.82) is 0 Å². The Morgan fingerprint density at radius 1 is 1.35 bits per heavy atom. The summed E-state index contributed by atoms with van der Waals surface area (Å²) < 4.78 is 27.5. The highest BCUT2D eigenvalue weighted by molar-refractivity contribution is 7.89. The van der Waals surface area contributed by atoms with Gasteiger partial charge < -0.3 is 4.90 Å². The Morgan fingerprint density at radius 2 is 2.04 bits per heavy atom. The molecule has 0 atom stereocenters. The van der Waals surface area contributed by atoms with Crippen molar-refractivity contribution in [3.05, 3.63) is 44.4 Å². The van der Waals surface area contributed by atoms with Crippen LogP contribution in [0, 0.1) is 17.0 Å². The molecule has 8 nitrogen and oxygen atoms in total. The van der Waals surface area contributed by atoms with Gasteiger partial charge in [-0.05, 0) is 25.8 Å². The van der Waals surface area contributed by atoms with Crippen molar-refractivity contribution in [3.63, 3.8) is 0 Å². The first-order chi connectivity index (χ1) is 12.3.